The van der Waals surface area contributed by atoms with E-state index in [2.05, 4.69) is 15.5 Å². The molecule has 7 heteroatoms. The standard InChI is InChI=1S/C24H20N4O3/c1-15-7-9-17(10-8-15)21-25-20(27-31-21)14-28-22(29)24(2,26-23(28)30)19-12-11-16-5-3-4-6-18(16)13-19/h3-13H,14H2,1-2H3,(H,26,30). The van der Waals surface area contributed by atoms with Crippen LogP contribution < -0.4 is 5.32 Å². The third kappa shape index (κ3) is 3.24. The lowest BCUT2D eigenvalue weighted by atomic mass is 9.90. The Kier molecular flexibility index (Phi) is 4.32. The van der Waals surface area contributed by atoms with Crippen LogP contribution in [0.4, 0.5) is 4.79 Å². The quantitative estimate of drug-likeness (QED) is 0.509. The monoisotopic (exact) mass is 412 g/mol. The van der Waals surface area contributed by atoms with Crippen molar-refractivity contribution >= 4 is 22.7 Å². The van der Waals surface area contributed by atoms with Crippen molar-refractivity contribution in [2.75, 3.05) is 0 Å². The normalized spacial score (nSPS) is 18.6. The number of fused-ring (bicyclic) bond motifs is 1. The highest BCUT2D eigenvalue weighted by Crippen LogP contribution is 2.31. The molecule has 1 aliphatic heterocycles. The molecule has 1 saturated heterocycles. The lowest BCUT2D eigenvalue weighted by molar-refractivity contribution is -0.131. The number of rotatable bonds is 4. The van der Waals surface area contributed by atoms with Gasteiger partial charge < -0.3 is 9.84 Å². The maximum atomic E-state index is 13.2. The molecule has 0 spiro atoms. The molecule has 2 heterocycles. The molecule has 0 saturated carbocycles. The second-order valence-corrected chi connectivity index (χ2v) is 7.89. The average molecular weight is 412 g/mol. The minimum atomic E-state index is -1.16. The van der Waals surface area contributed by atoms with Gasteiger partial charge in [0, 0.05) is 5.56 Å². The second-order valence-electron chi connectivity index (χ2n) is 7.89. The van der Waals surface area contributed by atoms with E-state index < -0.39 is 11.6 Å². The third-order valence-electron chi connectivity index (χ3n) is 5.67. The van der Waals surface area contributed by atoms with Gasteiger partial charge in [-0.05, 0) is 48.4 Å². The molecule has 5 rings (SSSR count). The highest BCUT2D eigenvalue weighted by molar-refractivity contribution is 6.07. The van der Waals surface area contributed by atoms with Crippen LogP contribution in [0, 0.1) is 6.92 Å². The Morgan fingerprint density at radius 3 is 2.52 bits per heavy atom. The highest BCUT2D eigenvalue weighted by Gasteiger charge is 2.49. The number of amides is 3. The lowest BCUT2D eigenvalue weighted by Crippen LogP contribution is -2.40. The van der Waals surface area contributed by atoms with E-state index in [0.29, 0.717) is 5.89 Å². The minimum absolute atomic E-state index is 0.0663. The van der Waals surface area contributed by atoms with E-state index in [1.807, 2.05) is 73.7 Å². The number of imide groups is 1. The lowest BCUT2D eigenvalue weighted by Gasteiger charge is -2.22. The summed E-state index contributed by atoms with van der Waals surface area (Å²) in [6.07, 6.45) is 0. The Hall–Kier alpha value is -4.00. The molecule has 154 valence electrons. The van der Waals surface area contributed by atoms with Gasteiger partial charge in [0.15, 0.2) is 5.82 Å². The summed E-state index contributed by atoms with van der Waals surface area (Å²) in [6.45, 7) is 3.64. The zero-order chi connectivity index (χ0) is 21.6. The summed E-state index contributed by atoms with van der Waals surface area (Å²) in [5, 5.41) is 8.85. The van der Waals surface area contributed by atoms with Crippen LogP contribution in [0.5, 0.6) is 0 Å². The summed E-state index contributed by atoms with van der Waals surface area (Å²) in [5.74, 6) is 0.260. The van der Waals surface area contributed by atoms with Crippen LogP contribution in [0.3, 0.4) is 0 Å². The van der Waals surface area contributed by atoms with Crippen LogP contribution >= 0.6 is 0 Å². The van der Waals surface area contributed by atoms with Crippen LogP contribution in [0.25, 0.3) is 22.2 Å². The number of carbonyl (C=O) groups is 2. The maximum absolute atomic E-state index is 13.2. The minimum Gasteiger partial charge on any atom is -0.334 e. The first-order valence-electron chi connectivity index (χ1n) is 9.97. The molecule has 1 N–H and O–H groups in total. The zero-order valence-corrected chi connectivity index (χ0v) is 17.1. The Morgan fingerprint density at radius 2 is 1.74 bits per heavy atom. The van der Waals surface area contributed by atoms with E-state index in [1.165, 1.54) is 0 Å². The Bertz CT molecular complexity index is 1310. The van der Waals surface area contributed by atoms with Gasteiger partial charge in [0.25, 0.3) is 11.8 Å². The highest BCUT2D eigenvalue weighted by atomic mass is 16.5. The fourth-order valence-electron chi connectivity index (χ4n) is 3.81. The van der Waals surface area contributed by atoms with Crippen LogP contribution in [0.2, 0.25) is 0 Å². The van der Waals surface area contributed by atoms with Gasteiger partial charge in [-0.3, -0.25) is 9.69 Å². The summed E-state index contributed by atoms with van der Waals surface area (Å²) < 4.78 is 5.33. The van der Waals surface area contributed by atoms with E-state index in [1.54, 1.807) is 6.92 Å². The summed E-state index contributed by atoms with van der Waals surface area (Å²) >= 11 is 0. The summed E-state index contributed by atoms with van der Waals surface area (Å²) in [4.78, 5) is 31.4. The Balaban J connectivity index is 1.40. The SMILES string of the molecule is Cc1ccc(-c2nc(CN3C(=O)NC(C)(c4ccc5ccccc5c4)C3=O)no2)cc1. The van der Waals surface area contributed by atoms with Crippen LogP contribution in [0.15, 0.2) is 71.3 Å². The van der Waals surface area contributed by atoms with Crippen LogP contribution in [-0.2, 0) is 16.9 Å². The summed E-state index contributed by atoms with van der Waals surface area (Å²) in [7, 11) is 0. The van der Waals surface area contributed by atoms with Crippen molar-refractivity contribution in [3.63, 3.8) is 0 Å². The van der Waals surface area contributed by atoms with Crippen molar-refractivity contribution in [2.24, 2.45) is 0 Å². The largest absolute Gasteiger partial charge is 0.334 e. The third-order valence-corrected chi connectivity index (χ3v) is 5.67. The predicted octanol–water partition coefficient (Wildman–Crippen LogP) is 4.17. The molecule has 1 aromatic heterocycles. The molecule has 3 aromatic carbocycles. The molecule has 0 bridgehead atoms. The molecule has 1 unspecified atom stereocenters. The van der Waals surface area contributed by atoms with E-state index in [4.69, 9.17) is 4.52 Å². The van der Waals surface area contributed by atoms with Crippen molar-refractivity contribution in [3.8, 4) is 11.5 Å². The number of carbonyl (C=O) groups excluding carboxylic acids is 2. The first kappa shape index (κ1) is 19.0. The van der Waals surface area contributed by atoms with Crippen molar-refractivity contribution in [1.82, 2.24) is 20.4 Å². The number of nitrogens with zero attached hydrogens (tertiary/aromatic N) is 3. The number of hydrogen-bond donors (Lipinski definition) is 1. The van der Waals surface area contributed by atoms with E-state index in [9.17, 15) is 9.59 Å². The number of benzene rings is 3. The summed E-state index contributed by atoms with van der Waals surface area (Å²) in [5.41, 5.74) is 1.46. The van der Waals surface area contributed by atoms with Crippen molar-refractivity contribution in [3.05, 3.63) is 83.7 Å². The number of aryl methyl sites for hydroxylation is 1. The predicted molar refractivity (Wildman–Crippen MR) is 115 cm³/mol. The van der Waals surface area contributed by atoms with Crippen molar-refractivity contribution in [2.45, 2.75) is 25.9 Å². The van der Waals surface area contributed by atoms with Gasteiger partial charge in [0.1, 0.15) is 5.54 Å². The molecule has 0 radical (unpaired) electrons. The molecule has 1 atom stereocenters. The first-order valence-corrected chi connectivity index (χ1v) is 9.97. The fraction of sp³-hybridized carbons (Fsp3) is 0.167. The van der Waals surface area contributed by atoms with Gasteiger partial charge in [-0.2, -0.15) is 4.98 Å². The van der Waals surface area contributed by atoms with Gasteiger partial charge in [-0.1, -0.05) is 59.3 Å². The number of urea groups is 1. The Morgan fingerprint density at radius 1 is 1.00 bits per heavy atom. The van der Waals surface area contributed by atoms with Gasteiger partial charge in [-0.25, -0.2) is 4.79 Å². The zero-order valence-electron chi connectivity index (χ0n) is 17.1. The van der Waals surface area contributed by atoms with E-state index >= 15 is 0 Å². The molecular formula is C24H20N4O3. The molecule has 1 aliphatic rings. The Labute approximate surface area is 178 Å². The van der Waals surface area contributed by atoms with Gasteiger partial charge >= 0.3 is 6.03 Å². The number of hydrogen-bond acceptors (Lipinski definition) is 5. The molecule has 1 fully saturated rings. The maximum Gasteiger partial charge on any atom is 0.325 e. The molecule has 4 aromatic rings. The average Bonchev–Trinajstić information content (AvgIpc) is 3.33. The van der Waals surface area contributed by atoms with Gasteiger partial charge in [-0.15, -0.1) is 0 Å². The van der Waals surface area contributed by atoms with Gasteiger partial charge in [0.2, 0.25) is 0 Å². The van der Waals surface area contributed by atoms with Gasteiger partial charge in [0.05, 0.1) is 6.54 Å². The van der Waals surface area contributed by atoms with E-state index in [0.717, 1.165) is 32.4 Å². The smallest absolute Gasteiger partial charge is 0.325 e. The second kappa shape index (κ2) is 7.05. The topological polar surface area (TPSA) is 88.3 Å². The molecular weight excluding hydrogens is 392 g/mol. The van der Waals surface area contributed by atoms with E-state index in [-0.39, 0.29) is 18.3 Å². The molecule has 3 amide bonds. The number of aromatic nitrogens is 2. The van der Waals surface area contributed by atoms with Crippen LogP contribution in [0.1, 0.15) is 23.9 Å². The van der Waals surface area contributed by atoms with Crippen LogP contribution in [-0.4, -0.2) is 27.0 Å². The first-order chi connectivity index (χ1) is 14.9. The molecule has 31 heavy (non-hydrogen) atoms. The van der Waals surface area contributed by atoms with Crippen molar-refractivity contribution < 1.29 is 14.1 Å². The fourth-order valence-corrected chi connectivity index (χ4v) is 3.81. The molecule has 7 nitrogen and oxygen atoms in total. The number of nitrogens with one attached hydrogen (secondary N) is 1. The van der Waals surface area contributed by atoms with Crippen molar-refractivity contribution in [1.29, 1.82) is 0 Å². The summed E-state index contributed by atoms with van der Waals surface area (Å²) in [6, 6.07) is 20.8. The molecule has 0 aliphatic carbocycles.